The van der Waals surface area contributed by atoms with Crippen molar-refractivity contribution in [3.05, 3.63) is 35.0 Å². The molecule has 224 valence electrons. The number of rotatable bonds is 10. The lowest BCUT2D eigenvalue weighted by Gasteiger charge is -2.58. The van der Waals surface area contributed by atoms with Gasteiger partial charge in [0.25, 0.3) is 0 Å². The fraction of sp³-hybridized carbons (Fsp3) is 0.806. The van der Waals surface area contributed by atoms with Gasteiger partial charge >= 0.3 is 0 Å². The first-order chi connectivity index (χ1) is 19.2. The second-order valence-corrected chi connectivity index (χ2v) is 15.9. The number of hydrogen-bond donors (Lipinski definition) is 0. The van der Waals surface area contributed by atoms with Crippen molar-refractivity contribution in [3.63, 3.8) is 0 Å². The standard InChI is InChI=1S/C31H47NO7S/c1-36-31(26-18-22-17-23(20-26)21-27(31)19-22)39-38-29-9-5-25(6-10-29)24-3-7-28(8-4-24)37-16-15-32(33)13-11-30(12-14-32)40(2,34)35/h3-4,7-8,22-23,25-27,29-30H,5-6,9-21H2,1-2H3/t22?,23?,25-,26?,27?,29+,30?,31?,32?. The number of piperidine rings is 1. The first-order valence-corrected chi connectivity index (χ1v) is 17.5. The molecule has 7 rings (SSSR count). The zero-order valence-electron chi connectivity index (χ0n) is 24.2. The van der Waals surface area contributed by atoms with E-state index in [1.807, 2.05) is 12.1 Å². The summed E-state index contributed by atoms with van der Waals surface area (Å²) in [7, 11) is -1.26. The highest BCUT2D eigenvalue weighted by Crippen LogP contribution is 2.60. The van der Waals surface area contributed by atoms with Crippen LogP contribution in [0.25, 0.3) is 0 Å². The van der Waals surface area contributed by atoms with Crippen molar-refractivity contribution in [1.29, 1.82) is 0 Å². The molecular weight excluding hydrogens is 530 g/mol. The number of sulfone groups is 1. The van der Waals surface area contributed by atoms with Crippen LogP contribution in [0.1, 0.15) is 82.1 Å². The number of likely N-dealkylation sites (tertiary alicyclic amines) is 1. The Morgan fingerprint density at radius 2 is 1.50 bits per heavy atom. The molecule has 5 saturated carbocycles. The molecule has 1 aromatic carbocycles. The van der Waals surface area contributed by atoms with E-state index in [2.05, 4.69) is 12.1 Å². The lowest BCUT2D eigenvalue weighted by atomic mass is 9.53. The Hall–Kier alpha value is -1.23. The van der Waals surface area contributed by atoms with E-state index in [1.54, 1.807) is 7.11 Å². The Morgan fingerprint density at radius 1 is 0.900 bits per heavy atom. The van der Waals surface area contributed by atoms with E-state index in [9.17, 15) is 13.6 Å². The Balaban J connectivity index is 0.930. The highest BCUT2D eigenvalue weighted by atomic mass is 32.2. The summed E-state index contributed by atoms with van der Waals surface area (Å²) in [6.07, 6.45) is 12.6. The predicted molar refractivity (Wildman–Crippen MR) is 152 cm³/mol. The van der Waals surface area contributed by atoms with E-state index >= 15 is 0 Å². The summed E-state index contributed by atoms with van der Waals surface area (Å²) >= 11 is 0. The van der Waals surface area contributed by atoms with Gasteiger partial charge in [-0.15, -0.1) is 0 Å². The van der Waals surface area contributed by atoms with Gasteiger partial charge in [0.1, 0.15) is 18.9 Å². The summed E-state index contributed by atoms with van der Waals surface area (Å²) < 4.78 is 35.1. The van der Waals surface area contributed by atoms with Crippen LogP contribution in [0.3, 0.4) is 0 Å². The lowest BCUT2D eigenvalue weighted by Crippen LogP contribution is -2.60. The highest BCUT2D eigenvalue weighted by Gasteiger charge is 2.60. The molecule has 1 saturated heterocycles. The number of hydroxylamine groups is 3. The molecule has 0 aromatic heterocycles. The largest absolute Gasteiger partial charge is 0.633 e. The van der Waals surface area contributed by atoms with Crippen LogP contribution < -0.4 is 4.74 Å². The second-order valence-electron chi connectivity index (χ2n) is 13.6. The molecule has 5 aliphatic carbocycles. The Kier molecular flexibility index (Phi) is 8.27. The van der Waals surface area contributed by atoms with Gasteiger partial charge in [-0.05, 0) is 93.2 Å². The molecule has 0 atom stereocenters. The maximum Gasteiger partial charge on any atom is 0.207 e. The molecule has 0 spiro atoms. The normalized spacial score (nSPS) is 41.2. The van der Waals surface area contributed by atoms with E-state index < -0.39 is 15.6 Å². The molecule has 1 aromatic rings. The zero-order chi connectivity index (χ0) is 28.0. The minimum absolute atomic E-state index is 0.119. The van der Waals surface area contributed by atoms with Gasteiger partial charge in [0, 0.05) is 38.0 Å². The third kappa shape index (κ3) is 5.97. The molecular formula is C31H47NO7S. The number of quaternary nitrogens is 1. The van der Waals surface area contributed by atoms with Gasteiger partial charge < -0.3 is 19.3 Å². The zero-order valence-corrected chi connectivity index (χ0v) is 25.0. The molecule has 0 amide bonds. The first kappa shape index (κ1) is 28.9. The molecule has 1 aliphatic heterocycles. The molecule has 6 fully saturated rings. The van der Waals surface area contributed by atoms with Crippen molar-refractivity contribution in [2.24, 2.45) is 23.7 Å². The Morgan fingerprint density at radius 3 is 2.05 bits per heavy atom. The van der Waals surface area contributed by atoms with Crippen LogP contribution >= 0.6 is 0 Å². The number of nitrogens with zero attached hydrogens (tertiary/aromatic N) is 1. The molecule has 8 nitrogen and oxygen atoms in total. The van der Waals surface area contributed by atoms with Crippen molar-refractivity contribution >= 4 is 9.84 Å². The first-order valence-electron chi connectivity index (χ1n) is 15.5. The molecule has 4 bridgehead atoms. The minimum atomic E-state index is -3.07. The highest BCUT2D eigenvalue weighted by molar-refractivity contribution is 7.91. The minimum Gasteiger partial charge on any atom is -0.633 e. The number of ether oxygens (including phenoxy) is 2. The van der Waals surface area contributed by atoms with Crippen molar-refractivity contribution < 1.29 is 32.3 Å². The Labute approximate surface area is 239 Å². The van der Waals surface area contributed by atoms with Gasteiger partial charge in [-0.3, -0.25) is 0 Å². The maximum atomic E-state index is 12.9. The third-order valence-corrected chi connectivity index (χ3v) is 12.7. The average molecular weight is 578 g/mol. The molecule has 40 heavy (non-hydrogen) atoms. The average Bonchev–Trinajstić information content (AvgIpc) is 2.93. The summed E-state index contributed by atoms with van der Waals surface area (Å²) in [5, 5.41) is 12.6. The van der Waals surface area contributed by atoms with Crippen molar-refractivity contribution in [3.8, 4) is 5.75 Å². The van der Waals surface area contributed by atoms with Crippen LogP contribution in [0.4, 0.5) is 0 Å². The predicted octanol–water partition coefficient (Wildman–Crippen LogP) is 5.36. The van der Waals surface area contributed by atoms with Crippen LogP contribution in [0.15, 0.2) is 24.3 Å². The number of hydrogen-bond acceptors (Lipinski definition) is 7. The van der Waals surface area contributed by atoms with Crippen molar-refractivity contribution in [1.82, 2.24) is 0 Å². The van der Waals surface area contributed by atoms with E-state index in [0.29, 0.717) is 56.8 Å². The van der Waals surface area contributed by atoms with Gasteiger partial charge in [0.05, 0.1) is 24.4 Å². The van der Waals surface area contributed by atoms with Gasteiger partial charge in [0.15, 0.2) is 9.84 Å². The number of benzene rings is 1. The van der Waals surface area contributed by atoms with Gasteiger partial charge in [-0.1, -0.05) is 12.1 Å². The van der Waals surface area contributed by atoms with E-state index in [-0.39, 0.29) is 16.0 Å². The van der Waals surface area contributed by atoms with Crippen molar-refractivity contribution in [2.75, 3.05) is 39.6 Å². The van der Waals surface area contributed by atoms with E-state index in [0.717, 1.165) is 43.3 Å². The Bertz CT molecular complexity index is 1080. The quantitative estimate of drug-likeness (QED) is 0.121. The van der Waals surface area contributed by atoms with Crippen LogP contribution in [0, 0.1) is 28.9 Å². The molecule has 0 N–H and O–H groups in total. The van der Waals surface area contributed by atoms with Crippen LogP contribution in [0.5, 0.6) is 5.75 Å². The van der Waals surface area contributed by atoms with Gasteiger partial charge in [0.2, 0.25) is 5.79 Å². The lowest BCUT2D eigenvalue weighted by molar-refractivity contribution is -0.885. The second kappa shape index (κ2) is 11.5. The van der Waals surface area contributed by atoms with Gasteiger partial charge in [-0.25, -0.2) is 18.2 Å². The summed E-state index contributed by atoms with van der Waals surface area (Å²) in [5.41, 5.74) is 1.32. The monoisotopic (exact) mass is 577 g/mol. The molecule has 0 radical (unpaired) electrons. The SMILES string of the molecule is COC1(OO[C@H]2CC[C@@H](c3ccc(OCC[N+]4([O-])CCC(S(C)(=O)=O)CC4)cc3)CC2)C2CC3CC(C2)CC1C3. The smallest absolute Gasteiger partial charge is 0.207 e. The number of methoxy groups -OCH3 is 1. The summed E-state index contributed by atoms with van der Waals surface area (Å²) in [5.74, 6) is 3.39. The van der Waals surface area contributed by atoms with Crippen molar-refractivity contribution in [2.45, 2.75) is 93.7 Å². The maximum absolute atomic E-state index is 12.9. The fourth-order valence-corrected chi connectivity index (χ4v) is 9.88. The fourth-order valence-electron chi connectivity index (χ4n) is 8.81. The molecule has 9 heteroatoms. The van der Waals surface area contributed by atoms with Crippen LogP contribution in [0.2, 0.25) is 0 Å². The third-order valence-electron chi connectivity index (χ3n) is 11.0. The van der Waals surface area contributed by atoms with E-state index in [1.165, 1.54) is 43.9 Å². The molecule has 1 heterocycles. The summed E-state index contributed by atoms with van der Waals surface area (Å²) in [6.45, 7) is 1.36. The van der Waals surface area contributed by atoms with Crippen LogP contribution in [-0.2, 0) is 24.3 Å². The molecule has 6 aliphatic rings. The van der Waals surface area contributed by atoms with E-state index in [4.69, 9.17) is 19.2 Å². The van der Waals surface area contributed by atoms with Crippen LogP contribution in [-0.4, -0.2) is 69.8 Å². The summed E-state index contributed by atoms with van der Waals surface area (Å²) in [6, 6.07) is 8.29. The van der Waals surface area contributed by atoms with Gasteiger partial charge in [-0.2, -0.15) is 0 Å². The topological polar surface area (TPSA) is 94.1 Å². The summed E-state index contributed by atoms with van der Waals surface area (Å²) in [4.78, 5) is 12.4. The molecule has 0 unspecified atom stereocenters.